The van der Waals surface area contributed by atoms with Crippen molar-refractivity contribution in [2.75, 3.05) is 11.2 Å². The van der Waals surface area contributed by atoms with Crippen LogP contribution in [0.25, 0.3) is 0 Å². The number of benzene rings is 1. The zero-order chi connectivity index (χ0) is 15.3. The smallest absolute Gasteiger partial charge is 0.240 e. The van der Waals surface area contributed by atoms with E-state index >= 15 is 0 Å². The van der Waals surface area contributed by atoms with Crippen LogP contribution in [0.2, 0.25) is 0 Å². The van der Waals surface area contributed by atoms with Crippen molar-refractivity contribution < 1.29 is 13.2 Å². The first-order chi connectivity index (χ1) is 10.0. The monoisotopic (exact) mass is 330 g/mol. The van der Waals surface area contributed by atoms with E-state index in [1.165, 1.54) is 12.1 Å². The summed E-state index contributed by atoms with van der Waals surface area (Å²) < 4.78 is 26.8. The number of halogens is 1. The van der Waals surface area contributed by atoms with Crippen LogP contribution in [0.1, 0.15) is 32.1 Å². The fraction of sp³-hybridized carbons (Fsp3) is 0.500. The second-order valence-electron chi connectivity index (χ2n) is 5.12. The van der Waals surface area contributed by atoms with Crippen molar-refractivity contribution in [1.82, 2.24) is 4.72 Å². The average molecular weight is 331 g/mol. The predicted molar refractivity (Wildman–Crippen MR) is 83.0 cm³/mol. The molecule has 1 aliphatic carbocycles. The van der Waals surface area contributed by atoms with Crippen LogP contribution in [0.3, 0.4) is 0 Å². The molecule has 0 heterocycles. The van der Waals surface area contributed by atoms with Crippen molar-refractivity contribution in [3.8, 4) is 0 Å². The number of nitrogens with one attached hydrogen (secondary N) is 2. The van der Waals surface area contributed by atoms with Crippen molar-refractivity contribution >= 4 is 33.2 Å². The van der Waals surface area contributed by atoms with E-state index < -0.39 is 10.0 Å². The molecule has 7 heteroatoms. The normalized spacial score (nSPS) is 14.9. The van der Waals surface area contributed by atoms with Gasteiger partial charge in [0.25, 0.3) is 0 Å². The van der Waals surface area contributed by atoms with Crippen LogP contribution in [0.15, 0.2) is 29.2 Å². The van der Waals surface area contributed by atoms with Crippen molar-refractivity contribution in [3.05, 3.63) is 24.3 Å². The van der Waals surface area contributed by atoms with Gasteiger partial charge in [-0.25, -0.2) is 13.1 Å². The number of anilines is 1. The number of alkyl halides is 1. The lowest BCUT2D eigenvalue weighted by molar-refractivity contribution is -0.116. The molecule has 2 rings (SSSR count). The summed E-state index contributed by atoms with van der Waals surface area (Å²) in [5.74, 6) is 0.401. The van der Waals surface area contributed by atoms with E-state index in [4.69, 9.17) is 11.6 Å². The Labute approximate surface area is 130 Å². The summed E-state index contributed by atoms with van der Waals surface area (Å²) in [5, 5.41) is 2.71. The number of carbonyl (C=O) groups is 1. The maximum Gasteiger partial charge on any atom is 0.240 e. The number of carbonyl (C=O) groups excluding carboxylic acids is 1. The lowest BCUT2D eigenvalue weighted by atomic mass is 10.2. The summed E-state index contributed by atoms with van der Waals surface area (Å²) in [7, 11) is -3.49. The topological polar surface area (TPSA) is 75.3 Å². The van der Waals surface area contributed by atoms with Crippen LogP contribution in [0.5, 0.6) is 0 Å². The molecule has 1 saturated carbocycles. The van der Waals surface area contributed by atoms with E-state index in [2.05, 4.69) is 10.0 Å². The van der Waals surface area contributed by atoms with Gasteiger partial charge in [-0.3, -0.25) is 4.79 Å². The minimum atomic E-state index is -3.49. The lowest BCUT2D eigenvalue weighted by Crippen LogP contribution is -2.25. The predicted octanol–water partition coefficient (Wildman–Crippen LogP) is 2.47. The quantitative estimate of drug-likeness (QED) is 0.568. The molecular formula is C14H19ClN2O3S. The zero-order valence-corrected chi connectivity index (χ0v) is 13.2. The van der Waals surface area contributed by atoms with E-state index in [0.29, 0.717) is 18.0 Å². The van der Waals surface area contributed by atoms with Crippen LogP contribution in [-0.2, 0) is 14.8 Å². The van der Waals surface area contributed by atoms with Gasteiger partial charge in [0.2, 0.25) is 15.9 Å². The molecule has 1 aromatic carbocycles. The molecule has 0 bridgehead atoms. The molecule has 2 N–H and O–H groups in total. The number of amides is 1. The molecule has 116 valence electrons. The van der Waals surface area contributed by atoms with E-state index in [9.17, 15) is 13.2 Å². The summed E-state index contributed by atoms with van der Waals surface area (Å²) in [6.45, 7) is 0. The number of rotatable bonds is 8. The molecule has 1 aromatic rings. The van der Waals surface area contributed by atoms with E-state index in [0.717, 1.165) is 25.7 Å². The second-order valence-corrected chi connectivity index (χ2v) is 7.21. The summed E-state index contributed by atoms with van der Waals surface area (Å²) >= 11 is 5.56. The van der Waals surface area contributed by atoms with Gasteiger partial charge < -0.3 is 5.32 Å². The Morgan fingerprint density at radius 3 is 2.71 bits per heavy atom. The summed E-state index contributed by atoms with van der Waals surface area (Å²) in [6, 6.07) is 6.35. The largest absolute Gasteiger partial charge is 0.326 e. The van der Waals surface area contributed by atoms with Gasteiger partial charge in [-0.1, -0.05) is 6.07 Å². The first-order valence-electron chi connectivity index (χ1n) is 6.99. The van der Waals surface area contributed by atoms with E-state index in [1.807, 2.05) is 0 Å². The minimum absolute atomic E-state index is 0.0591. The van der Waals surface area contributed by atoms with Gasteiger partial charge in [0.1, 0.15) is 0 Å². The number of hydrogen-bond acceptors (Lipinski definition) is 3. The van der Waals surface area contributed by atoms with E-state index in [1.54, 1.807) is 12.1 Å². The molecule has 5 nitrogen and oxygen atoms in total. The SMILES string of the molecule is O=C(CCCCCl)Nc1cccc(S(=O)(=O)NC2CC2)c1. The fourth-order valence-corrected chi connectivity index (χ4v) is 3.37. The highest BCUT2D eigenvalue weighted by atomic mass is 35.5. The molecule has 0 aliphatic heterocycles. The van der Waals surface area contributed by atoms with Gasteiger partial charge in [-0.2, -0.15) is 0 Å². The molecule has 0 radical (unpaired) electrons. The molecule has 21 heavy (non-hydrogen) atoms. The maximum absolute atomic E-state index is 12.1. The molecule has 1 amide bonds. The van der Waals surface area contributed by atoms with Gasteiger partial charge in [0.05, 0.1) is 4.90 Å². The number of unbranched alkanes of at least 4 members (excludes halogenated alkanes) is 1. The third-order valence-corrected chi connectivity index (χ3v) is 4.90. The fourth-order valence-electron chi connectivity index (χ4n) is 1.83. The maximum atomic E-state index is 12.1. The minimum Gasteiger partial charge on any atom is -0.326 e. The molecule has 0 atom stereocenters. The Hall–Kier alpha value is -1.11. The molecule has 1 aliphatic rings. The summed E-state index contributed by atoms with van der Waals surface area (Å²) in [6.07, 6.45) is 3.65. The molecule has 0 aromatic heterocycles. The third-order valence-electron chi connectivity index (χ3n) is 3.11. The Bertz CT molecular complexity index is 600. The summed E-state index contributed by atoms with van der Waals surface area (Å²) in [5.41, 5.74) is 0.490. The first kappa shape index (κ1) is 16.3. The second kappa shape index (κ2) is 7.24. The Morgan fingerprint density at radius 1 is 1.29 bits per heavy atom. The average Bonchev–Trinajstić information content (AvgIpc) is 3.22. The molecule has 0 saturated heterocycles. The molecule has 0 spiro atoms. The highest BCUT2D eigenvalue weighted by Crippen LogP contribution is 2.23. The van der Waals surface area contributed by atoms with Gasteiger partial charge in [0.15, 0.2) is 0 Å². The first-order valence-corrected chi connectivity index (χ1v) is 9.01. The molecule has 0 unspecified atom stereocenters. The van der Waals surface area contributed by atoms with Gasteiger partial charge in [-0.05, 0) is 43.9 Å². The van der Waals surface area contributed by atoms with Gasteiger partial charge >= 0.3 is 0 Å². The lowest BCUT2D eigenvalue weighted by Gasteiger charge is -2.09. The molecule has 1 fully saturated rings. The number of sulfonamides is 1. The van der Waals surface area contributed by atoms with Gasteiger partial charge in [-0.15, -0.1) is 11.6 Å². The zero-order valence-electron chi connectivity index (χ0n) is 11.6. The van der Waals surface area contributed by atoms with Crippen molar-refractivity contribution in [2.24, 2.45) is 0 Å². The Kier molecular flexibility index (Phi) is 5.61. The highest BCUT2D eigenvalue weighted by Gasteiger charge is 2.28. The van der Waals surface area contributed by atoms with Crippen LogP contribution < -0.4 is 10.0 Å². The van der Waals surface area contributed by atoms with Crippen LogP contribution in [-0.4, -0.2) is 26.2 Å². The van der Waals surface area contributed by atoms with Gasteiger partial charge in [0, 0.05) is 24.0 Å². The van der Waals surface area contributed by atoms with Crippen LogP contribution >= 0.6 is 11.6 Å². The highest BCUT2D eigenvalue weighted by molar-refractivity contribution is 7.89. The third kappa shape index (κ3) is 5.30. The van der Waals surface area contributed by atoms with Crippen molar-refractivity contribution in [1.29, 1.82) is 0 Å². The van der Waals surface area contributed by atoms with E-state index in [-0.39, 0.29) is 16.8 Å². The van der Waals surface area contributed by atoms with Crippen molar-refractivity contribution in [3.63, 3.8) is 0 Å². The Balaban J connectivity index is 1.98. The standard InChI is InChI=1S/C14H19ClN2O3S/c15-9-2-1-6-14(18)16-12-4-3-5-13(10-12)21(19,20)17-11-7-8-11/h3-5,10-11,17H,1-2,6-9H2,(H,16,18). The number of hydrogen-bond donors (Lipinski definition) is 2. The molecular weight excluding hydrogens is 312 g/mol. The van der Waals surface area contributed by atoms with Crippen LogP contribution in [0, 0.1) is 0 Å². The van der Waals surface area contributed by atoms with Crippen LogP contribution in [0.4, 0.5) is 5.69 Å². The summed E-state index contributed by atoms with van der Waals surface area (Å²) in [4.78, 5) is 11.9. The van der Waals surface area contributed by atoms with Crippen molar-refractivity contribution in [2.45, 2.75) is 43.0 Å². The Morgan fingerprint density at radius 2 is 2.05 bits per heavy atom.